The lowest BCUT2D eigenvalue weighted by Gasteiger charge is -2.12. The summed E-state index contributed by atoms with van der Waals surface area (Å²) in [6, 6.07) is 13.8. The zero-order chi connectivity index (χ0) is 32.5. The molecule has 15 heteroatoms. The van der Waals surface area contributed by atoms with E-state index in [1.54, 1.807) is 73.9 Å². The number of ether oxygens (including phenoxy) is 3. The Bertz CT molecular complexity index is 1720. The highest BCUT2D eigenvalue weighted by Crippen LogP contribution is 2.35. The molecule has 0 bridgehead atoms. The molecule has 45 heavy (non-hydrogen) atoms. The van der Waals surface area contributed by atoms with Crippen LogP contribution in [0.4, 0.5) is 5.00 Å². The van der Waals surface area contributed by atoms with Crippen molar-refractivity contribution in [2.24, 2.45) is 0 Å². The molecule has 2 aromatic heterocycles. The van der Waals surface area contributed by atoms with Crippen molar-refractivity contribution in [1.82, 2.24) is 20.1 Å². The Kier molecular flexibility index (Phi) is 11.6. The second kappa shape index (κ2) is 15.5. The predicted octanol–water partition coefficient (Wildman–Crippen LogP) is 5.31. The van der Waals surface area contributed by atoms with Crippen molar-refractivity contribution in [3.8, 4) is 11.4 Å². The van der Waals surface area contributed by atoms with E-state index < -0.39 is 17.8 Å². The predicted molar refractivity (Wildman–Crippen MR) is 171 cm³/mol. The summed E-state index contributed by atoms with van der Waals surface area (Å²) in [7, 11) is 1.48. The number of nitrogens with zero attached hydrogens (tertiary/aromatic N) is 3. The van der Waals surface area contributed by atoms with Crippen molar-refractivity contribution in [3.63, 3.8) is 0 Å². The van der Waals surface area contributed by atoms with Crippen molar-refractivity contribution in [2.75, 3.05) is 31.4 Å². The van der Waals surface area contributed by atoms with Gasteiger partial charge in [0, 0.05) is 5.02 Å². The summed E-state index contributed by atoms with van der Waals surface area (Å²) in [6.45, 7) is 5.22. The van der Waals surface area contributed by atoms with E-state index in [2.05, 4.69) is 20.8 Å². The van der Waals surface area contributed by atoms with Crippen LogP contribution in [0.15, 0.2) is 53.7 Å². The van der Waals surface area contributed by atoms with Crippen LogP contribution in [0.25, 0.3) is 5.69 Å². The molecule has 0 fully saturated rings. The lowest BCUT2D eigenvalue weighted by atomic mass is 10.1. The Labute approximate surface area is 272 Å². The van der Waals surface area contributed by atoms with Gasteiger partial charge in [0.25, 0.3) is 5.91 Å². The molecule has 0 atom stereocenters. The number of carbonyl (C=O) groups excluding carboxylic acids is 4. The molecule has 2 aromatic carbocycles. The highest BCUT2D eigenvalue weighted by atomic mass is 35.5. The third-order valence-corrected chi connectivity index (χ3v) is 8.55. The van der Waals surface area contributed by atoms with E-state index in [0.29, 0.717) is 38.6 Å². The summed E-state index contributed by atoms with van der Waals surface area (Å²) in [4.78, 5) is 51.4. The molecule has 0 saturated heterocycles. The van der Waals surface area contributed by atoms with Crippen LogP contribution in [0, 0.1) is 6.92 Å². The number of hydrogen-bond acceptors (Lipinski definition) is 11. The molecule has 0 aliphatic carbocycles. The van der Waals surface area contributed by atoms with E-state index in [-0.39, 0.29) is 46.9 Å². The number of methoxy groups -OCH3 is 1. The van der Waals surface area contributed by atoms with Crippen LogP contribution in [0.1, 0.15) is 55.6 Å². The summed E-state index contributed by atoms with van der Waals surface area (Å²) in [5.41, 5.74) is 1.44. The molecule has 2 heterocycles. The van der Waals surface area contributed by atoms with Crippen LogP contribution in [-0.4, -0.2) is 64.6 Å². The number of rotatable bonds is 13. The molecule has 0 aliphatic heterocycles. The fourth-order valence-corrected chi connectivity index (χ4v) is 6.26. The summed E-state index contributed by atoms with van der Waals surface area (Å²) in [5.74, 6) is -1.40. The van der Waals surface area contributed by atoms with Crippen molar-refractivity contribution in [1.29, 1.82) is 0 Å². The zero-order valence-electron chi connectivity index (χ0n) is 24.8. The number of esters is 2. The van der Waals surface area contributed by atoms with Crippen LogP contribution in [0.3, 0.4) is 0 Å². The van der Waals surface area contributed by atoms with Gasteiger partial charge in [0.2, 0.25) is 5.91 Å². The number of thiophene rings is 1. The smallest absolute Gasteiger partial charge is 0.348 e. The van der Waals surface area contributed by atoms with Gasteiger partial charge in [0.1, 0.15) is 15.6 Å². The lowest BCUT2D eigenvalue weighted by molar-refractivity contribution is -0.113. The summed E-state index contributed by atoms with van der Waals surface area (Å²) in [5, 5.41) is 15.1. The number of carbonyl (C=O) groups is 4. The van der Waals surface area contributed by atoms with Gasteiger partial charge in [-0.2, -0.15) is 0 Å². The van der Waals surface area contributed by atoms with Crippen LogP contribution >= 0.6 is 34.7 Å². The van der Waals surface area contributed by atoms with Gasteiger partial charge >= 0.3 is 11.9 Å². The summed E-state index contributed by atoms with van der Waals surface area (Å²) < 4.78 is 17.2. The molecule has 0 radical (unpaired) electrons. The highest BCUT2D eigenvalue weighted by molar-refractivity contribution is 7.99. The molecule has 0 spiro atoms. The van der Waals surface area contributed by atoms with Gasteiger partial charge < -0.3 is 24.8 Å². The molecule has 0 unspecified atom stereocenters. The average molecular weight is 672 g/mol. The number of aromatic nitrogens is 3. The van der Waals surface area contributed by atoms with E-state index in [9.17, 15) is 19.2 Å². The van der Waals surface area contributed by atoms with Crippen LogP contribution in [0.5, 0.6) is 5.75 Å². The molecule has 236 valence electrons. The minimum absolute atomic E-state index is 0.0111. The first-order chi connectivity index (χ1) is 21.7. The quantitative estimate of drug-likeness (QED) is 0.141. The van der Waals surface area contributed by atoms with Gasteiger partial charge in [-0.05, 0) is 56.7 Å². The first kappa shape index (κ1) is 33.5. The fraction of sp³-hybridized carbons (Fsp3) is 0.267. The van der Waals surface area contributed by atoms with Gasteiger partial charge in [-0.1, -0.05) is 41.6 Å². The molecule has 4 rings (SSSR count). The van der Waals surface area contributed by atoms with Crippen molar-refractivity contribution in [2.45, 2.75) is 32.5 Å². The van der Waals surface area contributed by atoms with Crippen molar-refractivity contribution in [3.05, 3.63) is 80.9 Å². The second-order valence-electron chi connectivity index (χ2n) is 9.14. The zero-order valence-corrected chi connectivity index (χ0v) is 27.2. The Morgan fingerprint density at radius 2 is 1.73 bits per heavy atom. The molecule has 12 nitrogen and oxygen atoms in total. The Hall–Kier alpha value is -4.40. The Morgan fingerprint density at radius 3 is 2.44 bits per heavy atom. The largest absolute Gasteiger partial charge is 0.496 e. The van der Waals surface area contributed by atoms with Crippen LogP contribution in [0.2, 0.25) is 5.02 Å². The van der Waals surface area contributed by atoms with E-state index in [0.717, 1.165) is 23.1 Å². The normalized spacial score (nSPS) is 10.7. The highest BCUT2D eigenvalue weighted by Gasteiger charge is 2.27. The lowest BCUT2D eigenvalue weighted by Crippen LogP contribution is -2.25. The summed E-state index contributed by atoms with van der Waals surface area (Å²) in [6.07, 6.45) is 0. The van der Waals surface area contributed by atoms with E-state index in [4.69, 9.17) is 25.8 Å². The second-order valence-corrected chi connectivity index (χ2v) is 11.5. The molecule has 0 aliphatic rings. The fourth-order valence-electron chi connectivity index (χ4n) is 4.20. The van der Waals surface area contributed by atoms with Crippen molar-refractivity contribution < 1.29 is 33.4 Å². The minimum Gasteiger partial charge on any atom is -0.496 e. The molecule has 2 N–H and O–H groups in total. The van der Waals surface area contributed by atoms with E-state index >= 15 is 0 Å². The number of anilines is 1. The maximum Gasteiger partial charge on any atom is 0.348 e. The Balaban J connectivity index is 1.55. The van der Waals surface area contributed by atoms with Crippen molar-refractivity contribution >= 4 is 63.5 Å². The first-order valence-corrected chi connectivity index (χ1v) is 15.9. The number of nitrogens with one attached hydrogen (secondary N) is 2. The number of para-hydroxylation sites is 1. The molecular weight excluding hydrogens is 642 g/mol. The molecule has 2 amide bonds. The van der Waals surface area contributed by atoms with Crippen LogP contribution < -0.4 is 15.4 Å². The van der Waals surface area contributed by atoms with E-state index in [1.165, 1.54) is 7.11 Å². The Morgan fingerprint density at radius 1 is 1.00 bits per heavy atom. The molecular formula is C30H30ClN5O7S2. The maximum absolute atomic E-state index is 13.1. The number of halogens is 1. The first-order valence-electron chi connectivity index (χ1n) is 13.7. The van der Waals surface area contributed by atoms with Crippen LogP contribution in [-0.2, 0) is 20.8 Å². The number of hydrogen-bond donors (Lipinski definition) is 2. The van der Waals surface area contributed by atoms with E-state index in [1.807, 2.05) is 0 Å². The third-order valence-electron chi connectivity index (χ3n) is 6.20. The number of amides is 2. The SMILES string of the molecule is CCOC(=O)c1sc(NC(=O)CSc2nnc(CNC(=O)c3ccccc3OC)n2-c2cccc(Cl)c2)c(C(=O)OCC)c1C. The average Bonchev–Trinajstić information content (AvgIpc) is 3.59. The van der Waals surface area contributed by atoms with Gasteiger partial charge in [0.05, 0.1) is 49.4 Å². The minimum atomic E-state index is -0.662. The number of benzene rings is 2. The van der Waals surface area contributed by atoms with Gasteiger partial charge in [-0.3, -0.25) is 14.2 Å². The molecule has 0 saturated carbocycles. The standard InChI is InChI=1S/C30H30ClN5O7S2/c1-5-42-28(39)24-17(3)25(29(40)43-6-2)45-27(24)33-23(37)16-44-30-35-34-22(36(30)19-11-9-10-18(31)14-19)15-32-26(38)20-12-7-8-13-21(20)41-4/h7-14H,5-6,15-16H2,1-4H3,(H,32,38)(H,33,37). The maximum atomic E-state index is 13.1. The monoisotopic (exact) mass is 671 g/mol. The number of thioether (sulfide) groups is 1. The summed E-state index contributed by atoms with van der Waals surface area (Å²) >= 11 is 8.29. The van der Waals surface area contributed by atoms with Gasteiger partial charge in [-0.15, -0.1) is 21.5 Å². The topological polar surface area (TPSA) is 151 Å². The van der Waals surface area contributed by atoms with Gasteiger partial charge in [0.15, 0.2) is 11.0 Å². The third kappa shape index (κ3) is 8.01. The molecule has 4 aromatic rings. The van der Waals surface area contributed by atoms with Gasteiger partial charge in [-0.25, -0.2) is 9.59 Å².